The number of aryl methyl sites for hydroxylation is 1. The molecule has 0 aliphatic heterocycles. The highest BCUT2D eigenvalue weighted by molar-refractivity contribution is 7.98. The number of methoxy groups -OCH3 is 1. The quantitative estimate of drug-likeness (QED) is 0.443. The summed E-state index contributed by atoms with van der Waals surface area (Å²) < 4.78 is 5.67. The van der Waals surface area contributed by atoms with Crippen molar-refractivity contribution in [3.05, 3.63) is 36.0 Å². The number of hydrogen-bond acceptors (Lipinski definition) is 9. The minimum Gasteiger partial charge on any atom is -0.494 e. The second kappa shape index (κ2) is 10.1. The maximum atomic E-state index is 13.1. The highest BCUT2D eigenvalue weighted by Gasteiger charge is 2.30. The standard InChI is InChI=1S/C22H26N8O3S/c1-29(12-34-4)22(32)15-11-23-18(25-21(31)13-8-9-13)10-17(15)24-16-7-5-6-14(19(16)33-3)20-26-28-30(2)27-20/h5-7,10-11,13H,8-9,12H2,1-4H3,(H2,23,24,25,31). The van der Waals surface area contributed by atoms with Gasteiger partial charge in [-0.05, 0) is 36.4 Å². The van der Waals surface area contributed by atoms with E-state index in [2.05, 4.69) is 31.0 Å². The van der Waals surface area contributed by atoms with E-state index < -0.39 is 0 Å². The number of amides is 2. The molecule has 2 N–H and O–H groups in total. The summed E-state index contributed by atoms with van der Waals surface area (Å²) in [5, 5.41) is 18.4. The molecule has 3 aromatic rings. The van der Waals surface area contributed by atoms with Crippen LogP contribution in [-0.4, -0.2) is 68.2 Å². The highest BCUT2D eigenvalue weighted by atomic mass is 32.2. The van der Waals surface area contributed by atoms with Crippen molar-refractivity contribution >= 4 is 40.8 Å². The van der Waals surface area contributed by atoms with Crippen molar-refractivity contribution < 1.29 is 14.3 Å². The Morgan fingerprint density at radius 1 is 1.29 bits per heavy atom. The lowest BCUT2D eigenvalue weighted by Crippen LogP contribution is -2.27. The summed E-state index contributed by atoms with van der Waals surface area (Å²) in [6.45, 7) is 0. The summed E-state index contributed by atoms with van der Waals surface area (Å²) in [5.41, 5.74) is 2.09. The number of rotatable bonds is 9. The Morgan fingerprint density at radius 3 is 2.74 bits per heavy atom. The van der Waals surface area contributed by atoms with Crippen molar-refractivity contribution in [1.82, 2.24) is 30.1 Å². The van der Waals surface area contributed by atoms with Crippen LogP contribution in [0.25, 0.3) is 11.4 Å². The molecule has 0 unspecified atom stereocenters. The average Bonchev–Trinajstić information content (AvgIpc) is 3.59. The monoisotopic (exact) mass is 482 g/mol. The van der Waals surface area contributed by atoms with Crippen molar-refractivity contribution in [1.29, 1.82) is 0 Å². The lowest BCUT2D eigenvalue weighted by molar-refractivity contribution is -0.117. The Hall–Kier alpha value is -3.67. The number of nitrogens with zero attached hydrogens (tertiary/aromatic N) is 6. The van der Waals surface area contributed by atoms with Gasteiger partial charge >= 0.3 is 0 Å². The number of nitrogens with one attached hydrogen (secondary N) is 2. The predicted molar refractivity (Wildman–Crippen MR) is 130 cm³/mol. The van der Waals surface area contributed by atoms with E-state index in [4.69, 9.17) is 4.74 Å². The molecular weight excluding hydrogens is 456 g/mol. The fourth-order valence-corrected chi connectivity index (χ4v) is 3.90. The van der Waals surface area contributed by atoms with Crippen LogP contribution in [-0.2, 0) is 11.8 Å². The van der Waals surface area contributed by atoms with Crippen molar-refractivity contribution in [2.24, 2.45) is 13.0 Å². The zero-order valence-electron chi connectivity index (χ0n) is 19.4. The van der Waals surface area contributed by atoms with Crippen LogP contribution in [0.4, 0.5) is 17.2 Å². The van der Waals surface area contributed by atoms with Gasteiger partial charge in [-0.2, -0.15) is 4.80 Å². The van der Waals surface area contributed by atoms with Crippen LogP contribution in [0.3, 0.4) is 0 Å². The lowest BCUT2D eigenvalue weighted by atomic mass is 10.1. The molecule has 12 heteroatoms. The van der Waals surface area contributed by atoms with Crippen LogP contribution >= 0.6 is 11.8 Å². The molecule has 1 saturated carbocycles. The van der Waals surface area contributed by atoms with Gasteiger partial charge in [0.2, 0.25) is 11.7 Å². The van der Waals surface area contributed by atoms with Gasteiger partial charge in [0.05, 0.1) is 42.5 Å². The van der Waals surface area contributed by atoms with Crippen LogP contribution in [0.15, 0.2) is 30.5 Å². The van der Waals surface area contributed by atoms with E-state index in [0.29, 0.717) is 45.8 Å². The van der Waals surface area contributed by atoms with E-state index in [1.165, 1.54) is 22.8 Å². The lowest BCUT2D eigenvalue weighted by Gasteiger charge is -2.20. The summed E-state index contributed by atoms with van der Waals surface area (Å²) >= 11 is 1.54. The first-order valence-corrected chi connectivity index (χ1v) is 12.0. The molecule has 11 nitrogen and oxygen atoms in total. The number of carbonyl (C=O) groups is 2. The number of aromatic nitrogens is 5. The first kappa shape index (κ1) is 23.5. The second-order valence-electron chi connectivity index (χ2n) is 7.91. The molecule has 1 aliphatic rings. The summed E-state index contributed by atoms with van der Waals surface area (Å²) in [7, 11) is 4.96. The van der Waals surface area contributed by atoms with E-state index in [9.17, 15) is 9.59 Å². The Balaban J connectivity index is 1.72. The van der Waals surface area contributed by atoms with E-state index >= 15 is 0 Å². The van der Waals surface area contributed by atoms with Crippen LogP contribution in [0.5, 0.6) is 5.75 Å². The molecule has 0 bridgehead atoms. The minimum atomic E-state index is -0.199. The molecule has 2 amide bonds. The zero-order valence-corrected chi connectivity index (χ0v) is 20.2. The SMILES string of the molecule is COc1c(Nc2cc(NC(=O)C3CC3)ncc2C(=O)N(C)CSC)cccc1-c1nnn(C)n1. The van der Waals surface area contributed by atoms with Gasteiger partial charge in [-0.3, -0.25) is 9.59 Å². The van der Waals surface area contributed by atoms with Crippen molar-refractivity contribution in [2.45, 2.75) is 12.8 Å². The van der Waals surface area contributed by atoms with Gasteiger partial charge < -0.3 is 20.3 Å². The molecular formula is C22H26N8O3S. The number of para-hydroxylation sites is 1. The second-order valence-corrected chi connectivity index (χ2v) is 8.75. The molecule has 1 fully saturated rings. The molecule has 1 aliphatic carbocycles. The first-order valence-electron chi connectivity index (χ1n) is 10.6. The molecule has 178 valence electrons. The van der Waals surface area contributed by atoms with Gasteiger partial charge in [0.15, 0.2) is 5.75 Å². The first-order chi connectivity index (χ1) is 16.4. The Labute approximate surface area is 201 Å². The van der Waals surface area contributed by atoms with Crippen LogP contribution in [0, 0.1) is 5.92 Å². The molecule has 2 heterocycles. The predicted octanol–water partition coefficient (Wildman–Crippen LogP) is 2.77. The number of anilines is 3. The minimum absolute atomic E-state index is 0.0310. The molecule has 1 aromatic carbocycles. The third-order valence-electron chi connectivity index (χ3n) is 5.24. The van der Waals surface area contributed by atoms with Crippen LogP contribution < -0.4 is 15.4 Å². The largest absolute Gasteiger partial charge is 0.494 e. The van der Waals surface area contributed by atoms with Crippen LogP contribution in [0.1, 0.15) is 23.2 Å². The van der Waals surface area contributed by atoms with Crippen molar-refractivity contribution in [3.63, 3.8) is 0 Å². The Bertz CT molecular complexity index is 1210. The molecule has 4 rings (SSSR count). The number of thioether (sulfide) groups is 1. The molecule has 0 spiro atoms. The smallest absolute Gasteiger partial charge is 0.257 e. The van der Waals surface area contributed by atoms with Gasteiger partial charge in [-0.25, -0.2) is 4.98 Å². The van der Waals surface area contributed by atoms with E-state index in [1.54, 1.807) is 32.2 Å². The van der Waals surface area contributed by atoms with Crippen molar-refractivity contribution in [3.8, 4) is 17.1 Å². The third-order valence-corrected chi connectivity index (χ3v) is 5.89. The highest BCUT2D eigenvalue weighted by Crippen LogP contribution is 2.37. The van der Waals surface area contributed by atoms with E-state index in [1.807, 2.05) is 24.5 Å². The number of pyridine rings is 1. The number of carbonyl (C=O) groups excluding carboxylic acids is 2. The Morgan fingerprint density at radius 2 is 2.09 bits per heavy atom. The fraction of sp³-hybridized carbons (Fsp3) is 0.364. The molecule has 34 heavy (non-hydrogen) atoms. The van der Waals surface area contributed by atoms with Gasteiger partial charge in [0.1, 0.15) is 5.82 Å². The van der Waals surface area contributed by atoms with E-state index in [-0.39, 0.29) is 17.7 Å². The number of tetrazole rings is 1. The normalized spacial score (nSPS) is 12.8. The average molecular weight is 483 g/mol. The summed E-state index contributed by atoms with van der Waals surface area (Å²) in [4.78, 5) is 32.7. The molecule has 2 aromatic heterocycles. The number of ether oxygens (including phenoxy) is 1. The van der Waals surface area contributed by atoms with Gasteiger partial charge in [0, 0.05) is 25.2 Å². The summed E-state index contributed by atoms with van der Waals surface area (Å²) in [6, 6.07) is 7.14. The fourth-order valence-electron chi connectivity index (χ4n) is 3.40. The van der Waals surface area contributed by atoms with Crippen LogP contribution in [0.2, 0.25) is 0 Å². The van der Waals surface area contributed by atoms with Gasteiger partial charge in [-0.15, -0.1) is 22.0 Å². The maximum Gasteiger partial charge on any atom is 0.257 e. The van der Waals surface area contributed by atoms with Gasteiger partial charge in [-0.1, -0.05) is 6.07 Å². The topological polar surface area (TPSA) is 127 Å². The van der Waals surface area contributed by atoms with E-state index in [0.717, 1.165) is 12.8 Å². The Kier molecular flexibility index (Phi) is 6.96. The maximum absolute atomic E-state index is 13.1. The number of hydrogen-bond donors (Lipinski definition) is 2. The molecule has 0 radical (unpaired) electrons. The molecule has 0 saturated heterocycles. The third kappa shape index (κ3) is 5.11. The van der Waals surface area contributed by atoms with Gasteiger partial charge in [0.25, 0.3) is 5.91 Å². The zero-order chi connectivity index (χ0) is 24.2. The number of benzene rings is 1. The summed E-state index contributed by atoms with van der Waals surface area (Å²) in [6.07, 6.45) is 5.17. The summed E-state index contributed by atoms with van der Waals surface area (Å²) in [5.74, 6) is 1.56. The van der Waals surface area contributed by atoms with Crippen molar-refractivity contribution in [2.75, 3.05) is 36.9 Å². The molecule has 0 atom stereocenters.